The van der Waals surface area contributed by atoms with Crippen LogP contribution in [0.4, 0.5) is 0 Å². The number of hydrogen-bond donors (Lipinski definition) is 1. The SMILES string of the molecule is Cn1ccnc1CNC(=O)c1cncnc1. The third-order valence-electron chi connectivity index (χ3n) is 2.15. The fourth-order valence-electron chi connectivity index (χ4n) is 1.24. The van der Waals surface area contributed by atoms with Gasteiger partial charge in [-0.2, -0.15) is 0 Å². The summed E-state index contributed by atoms with van der Waals surface area (Å²) in [5, 5.41) is 2.74. The van der Waals surface area contributed by atoms with Crippen molar-refractivity contribution >= 4 is 5.91 Å². The predicted molar refractivity (Wildman–Crippen MR) is 56.4 cm³/mol. The van der Waals surface area contributed by atoms with Gasteiger partial charge in [-0.05, 0) is 0 Å². The quantitative estimate of drug-likeness (QED) is 0.793. The van der Waals surface area contributed by atoms with Crippen LogP contribution in [0.3, 0.4) is 0 Å². The van der Waals surface area contributed by atoms with E-state index in [1.165, 1.54) is 18.7 Å². The number of imidazole rings is 1. The maximum absolute atomic E-state index is 11.6. The lowest BCUT2D eigenvalue weighted by Crippen LogP contribution is -2.24. The highest BCUT2D eigenvalue weighted by Gasteiger charge is 2.06. The van der Waals surface area contributed by atoms with Crippen LogP contribution in [0.2, 0.25) is 0 Å². The summed E-state index contributed by atoms with van der Waals surface area (Å²) in [4.78, 5) is 23.3. The fourth-order valence-corrected chi connectivity index (χ4v) is 1.24. The lowest BCUT2D eigenvalue weighted by atomic mass is 10.3. The van der Waals surface area contributed by atoms with Crippen molar-refractivity contribution in [3.8, 4) is 0 Å². The average Bonchev–Trinajstić information content (AvgIpc) is 2.73. The minimum absolute atomic E-state index is 0.205. The fraction of sp³-hybridized carbons (Fsp3) is 0.200. The minimum atomic E-state index is -0.205. The zero-order valence-corrected chi connectivity index (χ0v) is 8.79. The van der Waals surface area contributed by atoms with Crippen molar-refractivity contribution in [1.29, 1.82) is 0 Å². The molecule has 1 N–H and O–H groups in total. The Morgan fingerprint density at radius 1 is 1.44 bits per heavy atom. The topological polar surface area (TPSA) is 72.7 Å². The van der Waals surface area contributed by atoms with E-state index in [0.717, 1.165) is 5.82 Å². The van der Waals surface area contributed by atoms with Crippen LogP contribution >= 0.6 is 0 Å². The molecule has 16 heavy (non-hydrogen) atoms. The summed E-state index contributed by atoms with van der Waals surface area (Å²) >= 11 is 0. The third kappa shape index (κ3) is 2.22. The number of aromatic nitrogens is 4. The molecule has 0 aromatic carbocycles. The standard InChI is InChI=1S/C10H11N5O/c1-15-3-2-13-9(15)6-14-10(16)8-4-11-7-12-5-8/h2-5,7H,6H2,1H3,(H,14,16). The molecule has 0 radical (unpaired) electrons. The molecule has 0 spiro atoms. The van der Waals surface area contributed by atoms with Crippen molar-refractivity contribution in [2.75, 3.05) is 0 Å². The van der Waals surface area contributed by atoms with Crippen molar-refractivity contribution in [1.82, 2.24) is 24.8 Å². The van der Waals surface area contributed by atoms with Gasteiger partial charge in [0, 0.05) is 31.8 Å². The summed E-state index contributed by atoms with van der Waals surface area (Å²) in [6.07, 6.45) is 7.84. The second kappa shape index (κ2) is 4.52. The van der Waals surface area contributed by atoms with E-state index in [4.69, 9.17) is 0 Å². The Hall–Kier alpha value is -2.24. The van der Waals surface area contributed by atoms with Gasteiger partial charge in [0.05, 0.1) is 12.1 Å². The molecular formula is C10H11N5O. The molecule has 2 heterocycles. The molecule has 0 fully saturated rings. The molecule has 0 aliphatic rings. The van der Waals surface area contributed by atoms with E-state index in [1.807, 2.05) is 17.8 Å². The van der Waals surface area contributed by atoms with Crippen molar-refractivity contribution in [2.45, 2.75) is 6.54 Å². The molecule has 2 aromatic rings. The molecule has 0 atom stereocenters. The van der Waals surface area contributed by atoms with E-state index in [9.17, 15) is 4.79 Å². The molecule has 2 aromatic heterocycles. The van der Waals surface area contributed by atoms with Crippen LogP contribution in [0.25, 0.3) is 0 Å². The number of carbonyl (C=O) groups is 1. The summed E-state index contributed by atoms with van der Waals surface area (Å²) in [5.41, 5.74) is 0.441. The van der Waals surface area contributed by atoms with Gasteiger partial charge in [-0.1, -0.05) is 0 Å². The maximum Gasteiger partial charge on any atom is 0.254 e. The third-order valence-corrected chi connectivity index (χ3v) is 2.15. The summed E-state index contributed by atoms with van der Waals surface area (Å²) in [6, 6.07) is 0. The zero-order valence-electron chi connectivity index (χ0n) is 8.79. The molecule has 6 nitrogen and oxygen atoms in total. The first kappa shape index (κ1) is 10.3. The highest BCUT2D eigenvalue weighted by molar-refractivity contribution is 5.93. The summed E-state index contributed by atoms with van der Waals surface area (Å²) in [5.74, 6) is 0.591. The van der Waals surface area contributed by atoms with Gasteiger partial charge in [0.15, 0.2) is 0 Å². The molecule has 6 heteroatoms. The number of hydrogen-bond acceptors (Lipinski definition) is 4. The van der Waals surface area contributed by atoms with Crippen LogP contribution in [-0.2, 0) is 13.6 Å². The van der Waals surface area contributed by atoms with Gasteiger partial charge < -0.3 is 9.88 Å². The van der Waals surface area contributed by atoms with Gasteiger partial charge in [-0.3, -0.25) is 4.79 Å². The average molecular weight is 217 g/mol. The first-order chi connectivity index (χ1) is 7.77. The van der Waals surface area contributed by atoms with E-state index < -0.39 is 0 Å². The zero-order chi connectivity index (χ0) is 11.4. The highest BCUT2D eigenvalue weighted by atomic mass is 16.1. The Balaban J connectivity index is 1.97. The Morgan fingerprint density at radius 2 is 2.19 bits per heavy atom. The molecule has 0 saturated heterocycles. The second-order valence-corrected chi connectivity index (χ2v) is 3.26. The van der Waals surface area contributed by atoms with Crippen molar-refractivity contribution in [2.24, 2.45) is 7.05 Å². The van der Waals surface area contributed by atoms with Crippen molar-refractivity contribution in [3.05, 3.63) is 42.5 Å². The number of rotatable bonds is 3. The highest BCUT2D eigenvalue weighted by Crippen LogP contribution is 1.96. The van der Waals surface area contributed by atoms with E-state index in [2.05, 4.69) is 20.3 Å². The summed E-state index contributed by atoms with van der Waals surface area (Å²) in [7, 11) is 1.88. The Morgan fingerprint density at radius 3 is 2.81 bits per heavy atom. The first-order valence-electron chi connectivity index (χ1n) is 4.77. The molecule has 2 rings (SSSR count). The first-order valence-corrected chi connectivity index (χ1v) is 4.77. The number of amides is 1. The Labute approximate surface area is 92.4 Å². The maximum atomic E-state index is 11.6. The molecule has 0 saturated carbocycles. The van der Waals surface area contributed by atoms with Crippen LogP contribution in [0, 0.1) is 0 Å². The molecule has 0 aliphatic heterocycles. The monoisotopic (exact) mass is 217 g/mol. The van der Waals surface area contributed by atoms with E-state index in [1.54, 1.807) is 6.20 Å². The largest absolute Gasteiger partial charge is 0.345 e. The molecular weight excluding hydrogens is 206 g/mol. The van der Waals surface area contributed by atoms with Gasteiger partial charge in [-0.25, -0.2) is 15.0 Å². The Kier molecular flexibility index (Phi) is 2.90. The van der Waals surface area contributed by atoms with Crippen LogP contribution < -0.4 is 5.32 Å². The second-order valence-electron chi connectivity index (χ2n) is 3.26. The predicted octanol–water partition coefficient (Wildman–Crippen LogP) is 0.140. The molecule has 0 bridgehead atoms. The van der Waals surface area contributed by atoms with E-state index >= 15 is 0 Å². The lowest BCUT2D eigenvalue weighted by Gasteiger charge is -2.04. The van der Waals surface area contributed by atoms with E-state index in [-0.39, 0.29) is 5.91 Å². The number of aryl methyl sites for hydroxylation is 1. The molecule has 0 unspecified atom stereocenters. The van der Waals surface area contributed by atoms with E-state index in [0.29, 0.717) is 12.1 Å². The van der Waals surface area contributed by atoms with Gasteiger partial charge in [-0.15, -0.1) is 0 Å². The van der Waals surface area contributed by atoms with Gasteiger partial charge >= 0.3 is 0 Å². The molecule has 1 amide bonds. The summed E-state index contributed by atoms with van der Waals surface area (Å²) < 4.78 is 1.85. The number of carbonyl (C=O) groups excluding carboxylic acids is 1. The van der Waals surface area contributed by atoms with Crippen molar-refractivity contribution in [3.63, 3.8) is 0 Å². The van der Waals surface area contributed by atoms with Crippen LogP contribution in [0.15, 0.2) is 31.1 Å². The Bertz CT molecular complexity index is 479. The number of nitrogens with zero attached hydrogens (tertiary/aromatic N) is 4. The van der Waals surface area contributed by atoms with Gasteiger partial charge in [0.1, 0.15) is 12.2 Å². The van der Waals surface area contributed by atoms with Crippen molar-refractivity contribution < 1.29 is 4.79 Å². The van der Waals surface area contributed by atoms with Gasteiger partial charge in [0.25, 0.3) is 5.91 Å². The molecule has 0 aliphatic carbocycles. The van der Waals surface area contributed by atoms with Crippen LogP contribution in [0.5, 0.6) is 0 Å². The van der Waals surface area contributed by atoms with Crippen LogP contribution in [-0.4, -0.2) is 25.4 Å². The minimum Gasteiger partial charge on any atom is -0.345 e. The normalized spacial score (nSPS) is 10.1. The van der Waals surface area contributed by atoms with Crippen LogP contribution in [0.1, 0.15) is 16.2 Å². The number of nitrogens with one attached hydrogen (secondary N) is 1. The lowest BCUT2D eigenvalue weighted by molar-refractivity contribution is 0.0949. The van der Waals surface area contributed by atoms with Gasteiger partial charge in [0.2, 0.25) is 0 Å². The molecule has 82 valence electrons. The smallest absolute Gasteiger partial charge is 0.254 e. The summed E-state index contributed by atoms with van der Waals surface area (Å²) in [6.45, 7) is 0.386.